The zero-order valence-corrected chi connectivity index (χ0v) is 9.33. The summed E-state index contributed by atoms with van der Waals surface area (Å²) in [6.45, 7) is -0.780. The second kappa shape index (κ2) is 5.33. The molecule has 9 nitrogen and oxygen atoms in total. The third-order valence-electron chi connectivity index (χ3n) is 2.11. The van der Waals surface area contributed by atoms with Crippen LogP contribution in [-0.4, -0.2) is 54.1 Å². The second-order valence-corrected chi connectivity index (χ2v) is 3.66. The molecule has 0 amide bonds. The minimum absolute atomic E-state index is 0.164. The first-order chi connectivity index (χ1) is 7.90. The van der Waals surface area contributed by atoms with E-state index in [4.69, 9.17) is 16.1 Å². The van der Waals surface area contributed by atoms with Crippen molar-refractivity contribution in [3.63, 3.8) is 0 Å². The smallest absolute Gasteiger partial charge is 0.297 e. The summed E-state index contributed by atoms with van der Waals surface area (Å²) in [7, 11) is 0. The second-order valence-electron chi connectivity index (χ2n) is 3.27. The summed E-state index contributed by atoms with van der Waals surface area (Å²) >= 11 is 4.61. The standard InChI is InChI=1S/C7H12N4O5S/c8-11-6(16)3(9-10-7(11)17)5(15)4(14)2(13)1-12/h2,4-5,12-15H,1,8H2,(H,10,17)/t2-,4-,5-/m0/s1. The number of hydrogen-bond donors (Lipinski definition) is 6. The van der Waals surface area contributed by atoms with Gasteiger partial charge >= 0.3 is 0 Å². The SMILES string of the molecule is Nn1c(=S)[nH]nc([C@H](O)[C@@H](O)[C@@H](O)CO)c1=O. The van der Waals surface area contributed by atoms with Crippen molar-refractivity contribution in [2.24, 2.45) is 0 Å². The summed E-state index contributed by atoms with van der Waals surface area (Å²) in [5, 5.41) is 42.3. The van der Waals surface area contributed by atoms with E-state index >= 15 is 0 Å². The number of nitrogen functional groups attached to an aromatic ring is 1. The van der Waals surface area contributed by atoms with Crippen LogP contribution in [-0.2, 0) is 0 Å². The van der Waals surface area contributed by atoms with Crippen molar-refractivity contribution < 1.29 is 20.4 Å². The molecule has 0 aliphatic rings. The lowest BCUT2D eigenvalue weighted by molar-refractivity contribution is -0.0797. The maximum absolute atomic E-state index is 11.5. The largest absolute Gasteiger partial charge is 0.394 e. The van der Waals surface area contributed by atoms with Crippen molar-refractivity contribution >= 4 is 12.2 Å². The van der Waals surface area contributed by atoms with Gasteiger partial charge in [-0.1, -0.05) is 0 Å². The third-order valence-corrected chi connectivity index (χ3v) is 2.40. The Bertz CT molecular complexity index is 500. The van der Waals surface area contributed by atoms with Gasteiger partial charge in [0, 0.05) is 0 Å². The molecule has 1 heterocycles. The molecule has 1 aromatic rings. The monoisotopic (exact) mass is 264 g/mol. The van der Waals surface area contributed by atoms with Crippen LogP contribution in [0.1, 0.15) is 11.8 Å². The van der Waals surface area contributed by atoms with Gasteiger partial charge in [0.1, 0.15) is 18.3 Å². The Morgan fingerprint density at radius 3 is 2.59 bits per heavy atom. The van der Waals surface area contributed by atoms with E-state index in [0.29, 0.717) is 4.68 Å². The van der Waals surface area contributed by atoms with Gasteiger partial charge in [0.05, 0.1) is 6.61 Å². The van der Waals surface area contributed by atoms with E-state index in [1.54, 1.807) is 0 Å². The Kier molecular flexibility index (Phi) is 4.31. The van der Waals surface area contributed by atoms with Gasteiger partial charge in [0.2, 0.25) is 4.77 Å². The van der Waals surface area contributed by atoms with Gasteiger partial charge in [-0.2, -0.15) is 9.77 Å². The molecule has 0 aliphatic heterocycles. The number of nitrogens with one attached hydrogen (secondary N) is 1. The molecule has 0 fully saturated rings. The number of hydrogen-bond acceptors (Lipinski definition) is 8. The molecule has 17 heavy (non-hydrogen) atoms. The number of aliphatic hydroxyl groups is 4. The summed E-state index contributed by atoms with van der Waals surface area (Å²) < 4.78 is 0.363. The first-order valence-electron chi connectivity index (χ1n) is 4.52. The Morgan fingerprint density at radius 2 is 2.06 bits per heavy atom. The molecule has 3 atom stereocenters. The van der Waals surface area contributed by atoms with Gasteiger partial charge in [-0.3, -0.25) is 9.89 Å². The average Bonchev–Trinajstić information content (AvgIpc) is 2.33. The Morgan fingerprint density at radius 1 is 1.47 bits per heavy atom. The summed E-state index contributed by atoms with van der Waals surface area (Å²) in [5.41, 5.74) is -1.42. The summed E-state index contributed by atoms with van der Waals surface area (Å²) in [5.74, 6) is 5.25. The molecule has 0 radical (unpaired) electrons. The Balaban J connectivity index is 3.14. The molecule has 0 aliphatic carbocycles. The lowest BCUT2D eigenvalue weighted by Crippen LogP contribution is -2.40. The van der Waals surface area contributed by atoms with Gasteiger partial charge in [-0.05, 0) is 12.2 Å². The van der Waals surface area contributed by atoms with Crippen LogP contribution in [0.25, 0.3) is 0 Å². The van der Waals surface area contributed by atoms with Crippen LogP contribution in [0.5, 0.6) is 0 Å². The predicted molar refractivity (Wildman–Crippen MR) is 57.9 cm³/mol. The lowest BCUT2D eigenvalue weighted by atomic mass is 10.1. The van der Waals surface area contributed by atoms with E-state index in [2.05, 4.69) is 22.4 Å². The van der Waals surface area contributed by atoms with Crippen molar-refractivity contribution in [2.75, 3.05) is 12.4 Å². The van der Waals surface area contributed by atoms with Crippen LogP contribution in [0.2, 0.25) is 0 Å². The molecule has 0 aromatic carbocycles. The maximum atomic E-state index is 11.5. The Labute approximate surface area is 99.7 Å². The molecular formula is C7H12N4O5S. The van der Waals surface area contributed by atoms with Crippen molar-refractivity contribution in [1.29, 1.82) is 0 Å². The summed E-state index contributed by atoms with van der Waals surface area (Å²) in [6.07, 6.45) is -5.18. The highest BCUT2D eigenvalue weighted by Gasteiger charge is 2.29. The van der Waals surface area contributed by atoms with Crippen LogP contribution >= 0.6 is 12.2 Å². The Hall–Kier alpha value is -1.33. The first-order valence-corrected chi connectivity index (χ1v) is 4.92. The third kappa shape index (κ3) is 2.68. The van der Waals surface area contributed by atoms with Crippen molar-refractivity contribution in [3.05, 3.63) is 20.8 Å². The van der Waals surface area contributed by atoms with Gasteiger partial charge in [-0.25, -0.2) is 0 Å². The van der Waals surface area contributed by atoms with E-state index < -0.39 is 36.2 Å². The number of aliphatic hydroxyl groups excluding tert-OH is 4. The van der Waals surface area contributed by atoms with E-state index in [9.17, 15) is 15.0 Å². The number of aromatic amines is 1. The number of nitrogens with two attached hydrogens (primary N) is 1. The van der Waals surface area contributed by atoms with Crippen LogP contribution in [0.3, 0.4) is 0 Å². The molecule has 0 saturated carbocycles. The summed E-state index contributed by atoms with van der Waals surface area (Å²) in [6, 6.07) is 0. The molecule has 0 unspecified atom stereocenters. The van der Waals surface area contributed by atoms with Crippen molar-refractivity contribution in [1.82, 2.24) is 14.9 Å². The number of aromatic nitrogens is 3. The molecule has 0 saturated heterocycles. The molecule has 0 bridgehead atoms. The van der Waals surface area contributed by atoms with E-state index in [1.807, 2.05) is 0 Å². The highest BCUT2D eigenvalue weighted by Crippen LogP contribution is 2.13. The van der Waals surface area contributed by atoms with Gasteiger partial charge in [0.25, 0.3) is 5.56 Å². The minimum atomic E-state index is -1.80. The zero-order valence-electron chi connectivity index (χ0n) is 8.52. The van der Waals surface area contributed by atoms with Gasteiger partial charge in [-0.15, -0.1) is 0 Å². The minimum Gasteiger partial charge on any atom is -0.394 e. The van der Waals surface area contributed by atoms with Crippen molar-refractivity contribution in [3.8, 4) is 0 Å². The fraction of sp³-hybridized carbons (Fsp3) is 0.571. The van der Waals surface area contributed by atoms with E-state index in [0.717, 1.165) is 0 Å². The molecule has 7 N–H and O–H groups in total. The van der Waals surface area contributed by atoms with Crippen LogP contribution < -0.4 is 11.4 Å². The number of H-pyrrole nitrogens is 1. The van der Waals surface area contributed by atoms with E-state index in [1.165, 1.54) is 0 Å². The van der Waals surface area contributed by atoms with Crippen LogP contribution in [0, 0.1) is 4.77 Å². The number of nitrogens with zero attached hydrogens (tertiary/aromatic N) is 2. The quantitative estimate of drug-likeness (QED) is 0.244. The highest BCUT2D eigenvalue weighted by molar-refractivity contribution is 7.71. The topological polar surface area (TPSA) is 158 Å². The van der Waals surface area contributed by atoms with E-state index in [-0.39, 0.29) is 4.77 Å². The zero-order chi connectivity index (χ0) is 13.2. The molecule has 96 valence electrons. The fourth-order valence-electron chi connectivity index (χ4n) is 1.10. The molecule has 1 rings (SSSR count). The highest BCUT2D eigenvalue weighted by atomic mass is 32.1. The summed E-state index contributed by atoms with van der Waals surface area (Å²) in [4.78, 5) is 11.5. The molecule has 1 aromatic heterocycles. The average molecular weight is 264 g/mol. The predicted octanol–water partition coefficient (Wildman–Crippen LogP) is -3.24. The van der Waals surface area contributed by atoms with Gasteiger partial charge < -0.3 is 26.3 Å². The fourth-order valence-corrected chi connectivity index (χ4v) is 1.23. The molecular weight excluding hydrogens is 252 g/mol. The van der Waals surface area contributed by atoms with Crippen LogP contribution in [0.15, 0.2) is 4.79 Å². The molecule has 10 heteroatoms. The van der Waals surface area contributed by atoms with Crippen molar-refractivity contribution in [2.45, 2.75) is 18.3 Å². The lowest BCUT2D eigenvalue weighted by Gasteiger charge is -2.20. The van der Waals surface area contributed by atoms with Crippen LogP contribution in [0.4, 0.5) is 0 Å². The normalized spacial score (nSPS) is 16.5. The first kappa shape index (κ1) is 13.7. The number of rotatable bonds is 4. The molecule has 0 spiro atoms. The van der Waals surface area contributed by atoms with Gasteiger partial charge in [0.15, 0.2) is 5.69 Å². The maximum Gasteiger partial charge on any atom is 0.297 e.